The number of hydrogen-bond acceptors (Lipinski definition) is 5. The van der Waals surface area contributed by atoms with E-state index in [1.807, 2.05) is 0 Å². The minimum absolute atomic E-state index is 0.176. The van der Waals surface area contributed by atoms with Gasteiger partial charge in [0.25, 0.3) is 0 Å². The molecule has 6 nitrogen and oxygen atoms in total. The lowest BCUT2D eigenvalue weighted by atomic mass is 10.2. The molecule has 1 aliphatic rings. The van der Waals surface area contributed by atoms with Gasteiger partial charge in [-0.25, -0.2) is 4.98 Å². The Hall–Kier alpha value is -1.69. The molecule has 0 aromatic carbocycles. The summed E-state index contributed by atoms with van der Waals surface area (Å²) >= 11 is 5.91. The quantitative estimate of drug-likeness (QED) is 0.917. The molecule has 1 N–H and O–H groups in total. The van der Waals surface area contributed by atoms with Gasteiger partial charge in [0.2, 0.25) is 17.2 Å². The Labute approximate surface area is 109 Å². The van der Waals surface area contributed by atoms with Crippen LogP contribution in [-0.2, 0) is 0 Å². The van der Waals surface area contributed by atoms with Gasteiger partial charge in [-0.1, -0.05) is 13.8 Å². The maximum Gasteiger partial charge on any atom is 0.241 e. The maximum absolute atomic E-state index is 5.91. The van der Waals surface area contributed by atoms with Crippen molar-refractivity contribution < 1.29 is 0 Å². The highest BCUT2D eigenvalue weighted by Gasteiger charge is 2.46. The number of rotatable bonds is 3. The third-order valence-corrected chi connectivity index (χ3v) is 3.32. The summed E-state index contributed by atoms with van der Waals surface area (Å²) in [6.07, 6.45) is 6.15. The minimum Gasteiger partial charge on any atom is -0.351 e. The second-order valence-electron chi connectivity index (χ2n) is 5.09. The molecule has 2 aromatic rings. The summed E-state index contributed by atoms with van der Waals surface area (Å²) in [6, 6.07) is 0.395. The molecule has 1 atom stereocenters. The fourth-order valence-corrected chi connectivity index (χ4v) is 1.92. The molecule has 0 radical (unpaired) electrons. The first-order valence-corrected chi connectivity index (χ1v) is 6.09. The van der Waals surface area contributed by atoms with Crippen LogP contribution in [0, 0.1) is 5.41 Å². The number of nitrogens with one attached hydrogen (secondary N) is 1. The van der Waals surface area contributed by atoms with E-state index in [2.05, 4.69) is 39.1 Å². The van der Waals surface area contributed by atoms with Gasteiger partial charge in [0.1, 0.15) is 6.33 Å². The summed E-state index contributed by atoms with van der Waals surface area (Å²) in [4.78, 5) is 16.4. The summed E-state index contributed by atoms with van der Waals surface area (Å²) in [7, 11) is 0. The van der Waals surface area contributed by atoms with Crippen LogP contribution in [0.2, 0.25) is 5.28 Å². The maximum atomic E-state index is 5.91. The van der Waals surface area contributed by atoms with Crippen molar-refractivity contribution in [2.75, 3.05) is 5.32 Å². The van der Waals surface area contributed by atoms with Crippen LogP contribution in [0.4, 0.5) is 5.95 Å². The van der Waals surface area contributed by atoms with Crippen molar-refractivity contribution in [1.82, 2.24) is 24.5 Å². The van der Waals surface area contributed by atoms with Crippen molar-refractivity contribution in [3.63, 3.8) is 0 Å². The number of imidazole rings is 1. The van der Waals surface area contributed by atoms with Crippen LogP contribution in [0.1, 0.15) is 20.3 Å². The number of aromatic nitrogens is 5. The van der Waals surface area contributed by atoms with Gasteiger partial charge in [0.15, 0.2) is 0 Å². The predicted octanol–water partition coefficient (Wildman–Crippen LogP) is 1.92. The monoisotopic (exact) mass is 264 g/mol. The van der Waals surface area contributed by atoms with Crippen LogP contribution in [0.3, 0.4) is 0 Å². The number of hydrogen-bond donors (Lipinski definition) is 1. The Balaban J connectivity index is 1.87. The normalized spacial score (nSPS) is 20.7. The van der Waals surface area contributed by atoms with E-state index in [0.717, 1.165) is 6.42 Å². The second-order valence-corrected chi connectivity index (χ2v) is 5.43. The molecule has 18 heavy (non-hydrogen) atoms. The summed E-state index contributed by atoms with van der Waals surface area (Å²) < 4.78 is 1.69. The molecule has 0 amide bonds. The van der Waals surface area contributed by atoms with E-state index in [1.54, 1.807) is 23.3 Å². The van der Waals surface area contributed by atoms with Gasteiger partial charge in [0, 0.05) is 18.4 Å². The molecule has 1 saturated carbocycles. The highest BCUT2D eigenvalue weighted by atomic mass is 35.5. The van der Waals surface area contributed by atoms with Crippen LogP contribution < -0.4 is 5.32 Å². The number of halogens is 1. The summed E-state index contributed by atoms with van der Waals surface area (Å²) in [5, 5.41) is 3.44. The molecule has 1 fully saturated rings. The lowest BCUT2D eigenvalue weighted by Crippen LogP contribution is -2.13. The number of nitrogens with zero attached hydrogens (tertiary/aromatic N) is 5. The van der Waals surface area contributed by atoms with E-state index in [9.17, 15) is 0 Å². The first-order chi connectivity index (χ1) is 8.54. The third-order valence-electron chi connectivity index (χ3n) is 3.15. The van der Waals surface area contributed by atoms with Crippen molar-refractivity contribution >= 4 is 17.5 Å². The lowest BCUT2D eigenvalue weighted by molar-refractivity contribution is 0.628. The molecule has 2 aromatic heterocycles. The van der Waals surface area contributed by atoms with Gasteiger partial charge in [-0.15, -0.1) is 0 Å². The average molecular weight is 265 g/mol. The Morgan fingerprint density at radius 2 is 2.17 bits per heavy atom. The molecule has 1 unspecified atom stereocenters. The van der Waals surface area contributed by atoms with Crippen LogP contribution in [-0.4, -0.2) is 30.5 Å². The van der Waals surface area contributed by atoms with Gasteiger partial charge < -0.3 is 5.32 Å². The highest BCUT2D eigenvalue weighted by Crippen LogP contribution is 2.46. The average Bonchev–Trinajstić information content (AvgIpc) is 2.76. The van der Waals surface area contributed by atoms with E-state index in [-0.39, 0.29) is 5.28 Å². The Morgan fingerprint density at radius 1 is 1.39 bits per heavy atom. The summed E-state index contributed by atoms with van der Waals surface area (Å²) in [5.74, 6) is 0.975. The van der Waals surface area contributed by atoms with E-state index >= 15 is 0 Å². The topological polar surface area (TPSA) is 68.5 Å². The molecule has 1 aliphatic carbocycles. The second kappa shape index (κ2) is 3.91. The van der Waals surface area contributed by atoms with Crippen LogP contribution in [0.25, 0.3) is 5.95 Å². The van der Waals surface area contributed by atoms with Crippen LogP contribution >= 0.6 is 11.6 Å². The van der Waals surface area contributed by atoms with Crippen LogP contribution in [0.5, 0.6) is 0 Å². The molecule has 94 valence electrons. The Kier molecular flexibility index (Phi) is 2.48. The molecule has 0 spiro atoms. The van der Waals surface area contributed by atoms with Crippen LogP contribution in [0.15, 0.2) is 18.7 Å². The fourth-order valence-electron chi connectivity index (χ4n) is 1.77. The van der Waals surface area contributed by atoms with Crippen molar-refractivity contribution in [2.45, 2.75) is 26.3 Å². The van der Waals surface area contributed by atoms with Crippen molar-refractivity contribution in [1.29, 1.82) is 0 Å². The molecular weight excluding hydrogens is 252 g/mol. The van der Waals surface area contributed by atoms with Gasteiger partial charge in [-0.05, 0) is 23.4 Å². The Morgan fingerprint density at radius 3 is 2.78 bits per heavy atom. The summed E-state index contributed by atoms with van der Waals surface area (Å²) in [5.41, 5.74) is 0.300. The largest absolute Gasteiger partial charge is 0.351 e. The van der Waals surface area contributed by atoms with E-state index < -0.39 is 0 Å². The van der Waals surface area contributed by atoms with Crippen molar-refractivity contribution in [3.05, 3.63) is 24.0 Å². The first-order valence-electron chi connectivity index (χ1n) is 5.71. The number of anilines is 1. The van der Waals surface area contributed by atoms with E-state index in [1.165, 1.54) is 0 Å². The van der Waals surface area contributed by atoms with E-state index in [4.69, 9.17) is 11.6 Å². The molecular formula is C11H13ClN6. The zero-order chi connectivity index (χ0) is 12.8. The predicted molar refractivity (Wildman–Crippen MR) is 67.8 cm³/mol. The van der Waals surface area contributed by atoms with Gasteiger partial charge >= 0.3 is 0 Å². The smallest absolute Gasteiger partial charge is 0.241 e. The van der Waals surface area contributed by atoms with E-state index in [0.29, 0.717) is 23.4 Å². The van der Waals surface area contributed by atoms with Gasteiger partial charge in [-0.3, -0.25) is 4.57 Å². The molecule has 0 bridgehead atoms. The van der Waals surface area contributed by atoms with Crippen molar-refractivity contribution in [3.8, 4) is 5.95 Å². The zero-order valence-corrected chi connectivity index (χ0v) is 10.9. The highest BCUT2D eigenvalue weighted by molar-refractivity contribution is 6.28. The molecule has 3 rings (SSSR count). The molecule has 0 aliphatic heterocycles. The van der Waals surface area contributed by atoms with Gasteiger partial charge in [0.05, 0.1) is 0 Å². The summed E-state index contributed by atoms with van der Waals surface area (Å²) in [6.45, 7) is 4.40. The van der Waals surface area contributed by atoms with Gasteiger partial charge in [-0.2, -0.15) is 15.0 Å². The molecule has 2 heterocycles. The Bertz CT molecular complexity index is 565. The SMILES string of the molecule is CC1(C)CC1Nc1nc(Cl)nc(-n2ccnc2)n1. The zero-order valence-electron chi connectivity index (χ0n) is 10.1. The third kappa shape index (κ3) is 2.15. The molecule has 7 heteroatoms. The first kappa shape index (κ1) is 11.4. The van der Waals surface area contributed by atoms with Crippen molar-refractivity contribution in [2.24, 2.45) is 5.41 Å². The molecule has 0 saturated heterocycles. The lowest BCUT2D eigenvalue weighted by Gasteiger charge is -2.08. The fraction of sp³-hybridized carbons (Fsp3) is 0.455. The minimum atomic E-state index is 0.176. The standard InChI is InChI=1S/C11H13ClN6/c1-11(2)5-7(11)14-9-15-8(12)16-10(17-9)18-4-3-13-6-18/h3-4,6-7H,5H2,1-2H3,(H,14,15,16,17).